The Labute approximate surface area is 106 Å². The highest BCUT2D eigenvalue weighted by molar-refractivity contribution is 5.42. The molecule has 98 valence electrons. The normalized spacial score (nSPS) is 12.1. The van der Waals surface area contributed by atoms with Crippen molar-refractivity contribution in [1.82, 2.24) is 10.2 Å². The monoisotopic (exact) mass is 251 g/mol. The summed E-state index contributed by atoms with van der Waals surface area (Å²) in [6.07, 6.45) is 3.91. The van der Waals surface area contributed by atoms with E-state index in [1.54, 1.807) is 19.1 Å². The van der Waals surface area contributed by atoms with Crippen LogP contribution in [0.1, 0.15) is 23.7 Å². The van der Waals surface area contributed by atoms with Gasteiger partial charge in [0.1, 0.15) is 11.4 Å². The lowest BCUT2D eigenvalue weighted by Gasteiger charge is -2.11. The number of ether oxygens (including phenoxy) is 1. The first-order valence-corrected chi connectivity index (χ1v) is 5.60. The van der Waals surface area contributed by atoms with E-state index in [0.717, 1.165) is 0 Å². The Balaban J connectivity index is 2.94. The first-order chi connectivity index (χ1) is 8.61. The Hall–Kier alpha value is -1.95. The zero-order chi connectivity index (χ0) is 13.5. The molecule has 1 heterocycles. The minimum Gasteiger partial charge on any atom is -0.377 e. The van der Waals surface area contributed by atoms with Crippen LogP contribution in [0.4, 0.5) is 5.69 Å². The third-order valence-electron chi connectivity index (χ3n) is 2.52. The smallest absolute Gasteiger partial charge is 0.313 e. The molecule has 0 aromatic carbocycles. The van der Waals surface area contributed by atoms with E-state index in [1.807, 2.05) is 0 Å². The maximum absolute atomic E-state index is 11.0. The van der Waals surface area contributed by atoms with Crippen LogP contribution in [0.15, 0.2) is 25.3 Å². The summed E-state index contributed by atoms with van der Waals surface area (Å²) >= 11 is 0. The molecule has 1 aromatic heterocycles. The van der Waals surface area contributed by atoms with Gasteiger partial charge in [0.15, 0.2) is 0 Å². The molecule has 0 aliphatic rings. The van der Waals surface area contributed by atoms with E-state index >= 15 is 0 Å². The van der Waals surface area contributed by atoms with Crippen molar-refractivity contribution in [3.8, 4) is 0 Å². The van der Waals surface area contributed by atoms with Crippen molar-refractivity contribution in [3.05, 3.63) is 46.8 Å². The molecule has 0 radical (unpaired) electrons. The molecular weight excluding hydrogens is 234 g/mol. The van der Waals surface area contributed by atoms with Crippen LogP contribution >= 0.6 is 0 Å². The Morgan fingerprint density at radius 1 is 1.56 bits per heavy atom. The fourth-order valence-corrected chi connectivity index (χ4v) is 1.71. The molecule has 18 heavy (non-hydrogen) atoms. The van der Waals surface area contributed by atoms with E-state index in [9.17, 15) is 10.1 Å². The molecule has 1 unspecified atom stereocenters. The lowest BCUT2D eigenvalue weighted by Crippen LogP contribution is -2.10. The number of hydrogen-bond acceptors (Lipinski definition) is 4. The molecule has 0 fully saturated rings. The van der Waals surface area contributed by atoms with Gasteiger partial charge in [-0.05, 0) is 13.3 Å². The van der Waals surface area contributed by atoms with Crippen LogP contribution < -0.4 is 0 Å². The molecule has 1 aromatic rings. The lowest BCUT2D eigenvalue weighted by molar-refractivity contribution is -0.386. The average Bonchev–Trinajstić information content (AvgIpc) is 2.70. The number of allylic oxidation sites excluding steroid dienone is 1. The van der Waals surface area contributed by atoms with Crippen molar-refractivity contribution >= 4 is 5.69 Å². The number of aryl methyl sites for hydroxylation is 1. The third kappa shape index (κ3) is 3.27. The van der Waals surface area contributed by atoms with Crippen molar-refractivity contribution in [2.45, 2.75) is 19.3 Å². The lowest BCUT2D eigenvalue weighted by atomic mass is 10.0. The predicted molar refractivity (Wildman–Crippen MR) is 68.6 cm³/mol. The molecule has 6 nitrogen and oxygen atoms in total. The summed E-state index contributed by atoms with van der Waals surface area (Å²) in [6, 6.07) is 0. The molecule has 0 saturated heterocycles. The van der Waals surface area contributed by atoms with E-state index in [-0.39, 0.29) is 11.6 Å². The summed E-state index contributed by atoms with van der Waals surface area (Å²) in [5, 5.41) is 17.7. The van der Waals surface area contributed by atoms with Crippen LogP contribution in [0.2, 0.25) is 0 Å². The van der Waals surface area contributed by atoms with Gasteiger partial charge in [-0.1, -0.05) is 12.2 Å². The highest BCUT2D eigenvalue weighted by Crippen LogP contribution is 2.29. The summed E-state index contributed by atoms with van der Waals surface area (Å²) in [6.45, 7) is 9.59. The molecular formula is C12H17N3O3. The van der Waals surface area contributed by atoms with E-state index in [2.05, 4.69) is 23.4 Å². The highest BCUT2D eigenvalue weighted by atomic mass is 16.6. The van der Waals surface area contributed by atoms with Gasteiger partial charge in [-0.25, -0.2) is 0 Å². The van der Waals surface area contributed by atoms with Crippen LogP contribution in [-0.2, 0) is 4.74 Å². The quantitative estimate of drug-likeness (QED) is 0.333. The van der Waals surface area contributed by atoms with Crippen molar-refractivity contribution in [3.63, 3.8) is 0 Å². The van der Waals surface area contributed by atoms with Gasteiger partial charge in [0.2, 0.25) is 0 Å². The first-order valence-electron chi connectivity index (χ1n) is 5.60. The minimum absolute atomic E-state index is 0.0315. The fourth-order valence-electron chi connectivity index (χ4n) is 1.71. The fraction of sp³-hybridized carbons (Fsp3) is 0.417. The van der Waals surface area contributed by atoms with E-state index in [0.29, 0.717) is 31.0 Å². The Bertz CT molecular complexity index is 440. The SMILES string of the molecule is C=CCOCC(CC=C)c1n[nH]c(C)c1[N+](=O)[O-]. The standard InChI is InChI=1S/C12H17N3O3/c1-4-6-10(8-18-7-5-2)11-12(15(16)17)9(3)13-14-11/h4-5,10H,1-2,6-8H2,3H3,(H,13,14). The molecule has 0 saturated carbocycles. The van der Waals surface area contributed by atoms with E-state index in [1.165, 1.54) is 0 Å². The van der Waals surface area contributed by atoms with Crippen LogP contribution in [0.5, 0.6) is 0 Å². The molecule has 0 spiro atoms. The van der Waals surface area contributed by atoms with Crippen molar-refractivity contribution < 1.29 is 9.66 Å². The maximum Gasteiger partial charge on any atom is 0.313 e. The average molecular weight is 251 g/mol. The maximum atomic E-state index is 11.0. The van der Waals surface area contributed by atoms with Gasteiger partial charge in [-0.3, -0.25) is 15.2 Å². The number of H-pyrrole nitrogens is 1. The van der Waals surface area contributed by atoms with Crippen molar-refractivity contribution in [2.75, 3.05) is 13.2 Å². The summed E-state index contributed by atoms with van der Waals surface area (Å²) in [4.78, 5) is 10.6. The number of nitro groups is 1. The zero-order valence-electron chi connectivity index (χ0n) is 10.4. The summed E-state index contributed by atoms with van der Waals surface area (Å²) in [7, 11) is 0. The van der Waals surface area contributed by atoms with Gasteiger partial charge in [0.25, 0.3) is 0 Å². The van der Waals surface area contributed by atoms with Gasteiger partial charge in [-0.15, -0.1) is 13.2 Å². The van der Waals surface area contributed by atoms with Crippen molar-refractivity contribution in [2.24, 2.45) is 0 Å². The molecule has 1 atom stereocenters. The first kappa shape index (κ1) is 14.1. The van der Waals surface area contributed by atoms with Crippen LogP contribution in [0.3, 0.4) is 0 Å². The number of aromatic amines is 1. The number of nitrogens with one attached hydrogen (secondary N) is 1. The summed E-state index contributed by atoms with van der Waals surface area (Å²) in [5.41, 5.74) is 0.901. The molecule has 0 aliphatic heterocycles. The Morgan fingerprint density at radius 3 is 2.83 bits per heavy atom. The Kier molecular flexibility index (Phi) is 5.26. The number of hydrogen-bond donors (Lipinski definition) is 1. The largest absolute Gasteiger partial charge is 0.377 e. The second-order valence-electron chi connectivity index (χ2n) is 3.89. The van der Waals surface area contributed by atoms with E-state index < -0.39 is 4.92 Å². The van der Waals surface area contributed by atoms with Gasteiger partial charge >= 0.3 is 5.69 Å². The second kappa shape index (κ2) is 6.70. The van der Waals surface area contributed by atoms with Gasteiger partial charge in [-0.2, -0.15) is 5.10 Å². The highest BCUT2D eigenvalue weighted by Gasteiger charge is 2.27. The number of nitrogens with zero attached hydrogens (tertiary/aromatic N) is 2. The molecule has 6 heteroatoms. The zero-order valence-corrected chi connectivity index (χ0v) is 10.4. The molecule has 0 bridgehead atoms. The van der Waals surface area contributed by atoms with E-state index in [4.69, 9.17) is 4.74 Å². The van der Waals surface area contributed by atoms with Gasteiger partial charge in [0.05, 0.1) is 18.1 Å². The number of aromatic nitrogens is 2. The van der Waals surface area contributed by atoms with Gasteiger partial charge in [0, 0.05) is 5.92 Å². The second-order valence-corrected chi connectivity index (χ2v) is 3.89. The predicted octanol–water partition coefficient (Wildman–Crippen LogP) is 2.49. The van der Waals surface area contributed by atoms with Crippen molar-refractivity contribution in [1.29, 1.82) is 0 Å². The molecule has 1 rings (SSSR count). The number of rotatable bonds is 8. The Morgan fingerprint density at radius 2 is 2.28 bits per heavy atom. The summed E-state index contributed by atoms with van der Waals surface area (Å²) in [5.74, 6) is -0.173. The van der Waals surface area contributed by atoms with Crippen LogP contribution in [-0.4, -0.2) is 28.3 Å². The molecule has 0 aliphatic carbocycles. The topological polar surface area (TPSA) is 81.0 Å². The summed E-state index contributed by atoms with van der Waals surface area (Å²) < 4.78 is 5.35. The molecule has 1 N–H and O–H groups in total. The molecule has 0 amide bonds. The van der Waals surface area contributed by atoms with Crippen LogP contribution in [0, 0.1) is 17.0 Å². The van der Waals surface area contributed by atoms with Gasteiger partial charge < -0.3 is 4.74 Å². The third-order valence-corrected chi connectivity index (χ3v) is 2.52. The van der Waals surface area contributed by atoms with Crippen LogP contribution in [0.25, 0.3) is 0 Å². The minimum atomic E-state index is -0.419.